The van der Waals surface area contributed by atoms with Gasteiger partial charge in [-0.1, -0.05) is 13.3 Å². The SMILES string of the molecule is CCCCSCCC(=O)N1CCC(O)(C(=O)O)CC1. The van der Waals surface area contributed by atoms with Crippen molar-refractivity contribution in [3.63, 3.8) is 0 Å². The van der Waals surface area contributed by atoms with Crippen LogP contribution in [0.2, 0.25) is 0 Å². The normalized spacial score (nSPS) is 18.3. The van der Waals surface area contributed by atoms with E-state index in [-0.39, 0.29) is 18.7 Å². The van der Waals surface area contributed by atoms with Gasteiger partial charge in [-0.05, 0) is 12.2 Å². The quantitative estimate of drug-likeness (QED) is 0.692. The summed E-state index contributed by atoms with van der Waals surface area (Å²) in [6.07, 6.45) is 3.09. The molecule has 0 radical (unpaired) electrons. The molecule has 1 rings (SSSR count). The Morgan fingerprint density at radius 3 is 2.42 bits per heavy atom. The Balaban J connectivity index is 2.23. The summed E-state index contributed by atoms with van der Waals surface area (Å²) in [6, 6.07) is 0. The van der Waals surface area contributed by atoms with Crippen LogP contribution in [0.5, 0.6) is 0 Å². The van der Waals surface area contributed by atoms with Gasteiger partial charge in [-0.15, -0.1) is 0 Å². The molecule has 1 fully saturated rings. The van der Waals surface area contributed by atoms with Crippen molar-refractivity contribution >= 4 is 23.6 Å². The lowest BCUT2D eigenvalue weighted by atomic mass is 9.91. The van der Waals surface area contributed by atoms with E-state index in [2.05, 4.69) is 6.92 Å². The summed E-state index contributed by atoms with van der Waals surface area (Å²) in [5.41, 5.74) is -1.65. The summed E-state index contributed by atoms with van der Waals surface area (Å²) < 4.78 is 0. The molecule has 2 N–H and O–H groups in total. The number of aliphatic carboxylic acids is 1. The number of thioether (sulfide) groups is 1. The Kier molecular flexibility index (Phi) is 6.65. The number of rotatable bonds is 7. The molecule has 110 valence electrons. The van der Waals surface area contributed by atoms with Crippen LogP contribution in [0.4, 0.5) is 0 Å². The third-order valence-corrected chi connectivity index (χ3v) is 4.51. The highest BCUT2D eigenvalue weighted by molar-refractivity contribution is 7.99. The minimum absolute atomic E-state index is 0.0661. The van der Waals surface area contributed by atoms with E-state index in [9.17, 15) is 14.7 Å². The number of amides is 1. The first-order valence-electron chi connectivity index (χ1n) is 6.81. The molecule has 19 heavy (non-hydrogen) atoms. The molecule has 0 aromatic carbocycles. The fourth-order valence-corrected chi connectivity index (χ4v) is 3.02. The van der Waals surface area contributed by atoms with E-state index in [1.165, 1.54) is 12.8 Å². The number of likely N-dealkylation sites (tertiary alicyclic amines) is 1. The fraction of sp³-hybridized carbons (Fsp3) is 0.846. The highest BCUT2D eigenvalue weighted by Crippen LogP contribution is 2.23. The second-order valence-corrected chi connectivity index (χ2v) is 6.16. The predicted molar refractivity (Wildman–Crippen MR) is 75.2 cm³/mol. The smallest absolute Gasteiger partial charge is 0.335 e. The van der Waals surface area contributed by atoms with E-state index in [0.717, 1.165) is 11.5 Å². The number of piperidine rings is 1. The van der Waals surface area contributed by atoms with Gasteiger partial charge in [0.1, 0.15) is 0 Å². The molecule has 1 saturated heterocycles. The van der Waals surface area contributed by atoms with Gasteiger partial charge in [0.2, 0.25) is 5.91 Å². The standard InChI is InChI=1S/C13H23NO4S/c1-2-3-9-19-10-4-11(15)14-7-5-13(18,6-8-14)12(16)17/h18H,2-10H2,1H3,(H,16,17). The van der Waals surface area contributed by atoms with E-state index in [4.69, 9.17) is 5.11 Å². The Hall–Kier alpha value is -0.750. The third-order valence-electron chi connectivity index (χ3n) is 3.44. The Morgan fingerprint density at radius 1 is 1.26 bits per heavy atom. The number of hydrogen-bond donors (Lipinski definition) is 2. The van der Waals surface area contributed by atoms with Crippen LogP contribution in [0.3, 0.4) is 0 Å². The van der Waals surface area contributed by atoms with Gasteiger partial charge in [0.05, 0.1) is 0 Å². The zero-order chi connectivity index (χ0) is 14.3. The monoisotopic (exact) mass is 289 g/mol. The van der Waals surface area contributed by atoms with E-state index < -0.39 is 11.6 Å². The molecule has 1 amide bonds. The van der Waals surface area contributed by atoms with Crippen LogP contribution in [0.25, 0.3) is 0 Å². The summed E-state index contributed by atoms with van der Waals surface area (Å²) in [5, 5.41) is 18.7. The lowest BCUT2D eigenvalue weighted by Crippen LogP contribution is -2.50. The van der Waals surface area contributed by atoms with Crippen LogP contribution in [0.1, 0.15) is 39.0 Å². The number of aliphatic hydroxyl groups is 1. The molecular formula is C13H23NO4S. The summed E-state index contributed by atoms with van der Waals surface area (Å²) in [4.78, 5) is 24.4. The van der Waals surface area contributed by atoms with Crippen molar-refractivity contribution in [3.05, 3.63) is 0 Å². The molecule has 0 bridgehead atoms. The fourth-order valence-electron chi connectivity index (χ4n) is 2.01. The molecule has 1 heterocycles. The number of nitrogens with zero attached hydrogens (tertiary/aromatic N) is 1. The topological polar surface area (TPSA) is 77.8 Å². The zero-order valence-corrected chi connectivity index (χ0v) is 12.2. The molecule has 0 aromatic heterocycles. The summed E-state index contributed by atoms with van der Waals surface area (Å²) in [6.45, 7) is 2.81. The van der Waals surface area contributed by atoms with Crippen LogP contribution in [-0.4, -0.2) is 57.2 Å². The Morgan fingerprint density at radius 2 is 1.89 bits per heavy atom. The maximum Gasteiger partial charge on any atom is 0.335 e. The molecule has 0 unspecified atom stereocenters. The highest BCUT2D eigenvalue weighted by Gasteiger charge is 2.40. The van der Waals surface area contributed by atoms with Crippen molar-refractivity contribution in [3.8, 4) is 0 Å². The Bertz CT molecular complexity index is 314. The minimum Gasteiger partial charge on any atom is -0.479 e. The molecule has 0 aromatic rings. The van der Waals surface area contributed by atoms with Gasteiger partial charge in [-0.2, -0.15) is 11.8 Å². The molecule has 0 atom stereocenters. The number of carbonyl (C=O) groups excluding carboxylic acids is 1. The maximum absolute atomic E-state index is 11.9. The van der Waals surface area contributed by atoms with Crippen LogP contribution < -0.4 is 0 Å². The molecule has 0 spiro atoms. The predicted octanol–water partition coefficient (Wildman–Crippen LogP) is 1.35. The molecule has 6 heteroatoms. The number of carboxylic acid groups (broad SMARTS) is 1. The number of carboxylic acids is 1. The second-order valence-electron chi connectivity index (χ2n) is 4.93. The van der Waals surface area contributed by atoms with Crippen LogP contribution >= 0.6 is 11.8 Å². The first-order valence-corrected chi connectivity index (χ1v) is 7.96. The van der Waals surface area contributed by atoms with Crippen LogP contribution in [-0.2, 0) is 9.59 Å². The summed E-state index contributed by atoms with van der Waals surface area (Å²) in [5.74, 6) is 0.785. The van der Waals surface area contributed by atoms with Crippen molar-refractivity contribution in [2.45, 2.75) is 44.6 Å². The average Bonchev–Trinajstić information content (AvgIpc) is 2.39. The van der Waals surface area contributed by atoms with E-state index in [1.54, 1.807) is 16.7 Å². The molecule has 1 aliphatic rings. The van der Waals surface area contributed by atoms with Crippen molar-refractivity contribution < 1.29 is 19.8 Å². The first-order chi connectivity index (χ1) is 8.99. The van der Waals surface area contributed by atoms with Gasteiger partial charge in [0.25, 0.3) is 0 Å². The minimum atomic E-state index is -1.65. The van der Waals surface area contributed by atoms with Gasteiger partial charge in [0.15, 0.2) is 5.60 Å². The zero-order valence-electron chi connectivity index (χ0n) is 11.4. The molecule has 5 nitrogen and oxygen atoms in total. The van der Waals surface area contributed by atoms with Crippen molar-refractivity contribution in [2.24, 2.45) is 0 Å². The molecule has 0 saturated carbocycles. The average molecular weight is 289 g/mol. The van der Waals surface area contributed by atoms with Gasteiger partial charge in [-0.25, -0.2) is 4.79 Å². The first kappa shape index (κ1) is 16.3. The highest BCUT2D eigenvalue weighted by atomic mass is 32.2. The largest absolute Gasteiger partial charge is 0.479 e. The molecular weight excluding hydrogens is 266 g/mol. The lowest BCUT2D eigenvalue weighted by Gasteiger charge is -2.35. The Labute approximate surface area is 118 Å². The van der Waals surface area contributed by atoms with Crippen molar-refractivity contribution in [1.29, 1.82) is 0 Å². The molecule has 0 aliphatic carbocycles. The summed E-state index contributed by atoms with van der Waals surface area (Å²) >= 11 is 1.78. The van der Waals surface area contributed by atoms with Crippen LogP contribution in [0.15, 0.2) is 0 Å². The van der Waals surface area contributed by atoms with E-state index >= 15 is 0 Å². The summed E-state index contributed by atoms with van der Waals surface area (Å²) in [7, 11) is 0. The van der Waals surface area contributed by atoms with Gasteiger partial charge in [0, 0.05) is 38.1 Å². The van der Waals surface area contributed by atoms with E-state index in [1.807, 2.05) is 0 Å². The van der Waals surface area contributed by atoms with Gasteiger partial charge < -0.3 is 15.1 Å². The van der Waals surface area contributed by atoms with Crippen molar-refractivity contribution in [1.82, 2.24) is 4.90 Å². The third kappa shape index (κ3) is 5.03. The van der Waals surface area contributed by atoms with Crippen LogP contribution in [0, 0.1) is 0 Å². The second kappa shape index (κ2) is 7.75. The van der Waals surface area contributed by atoms with E-state index in [0.29, 0.717) is 19.5 Å². The number of hydrogen-bond acceptors (Lipinski definition) is 4. The maximum atomic E-state index is 11.9. The molecule has 1 aliphatic heterocycles. The van der Waals surface area contributed by atoms with Crippen molar-refractivity contribution in [2.75, 3.05) is 24.6 Å². The number of carbonyl (C=O) groups is 2. The van der Waals surface area contributed by atoms with Gasteiger partial charge >= 0.3 is 5.97 Å². The van der Waals surface area contributed by atoms with Gasteiger partial charge in [-0.3, -0.25) is 4.79 Å². The number of unbranched alkanes of at least 4 members (excludes halogenated alkanes) is 1. The lowest BCUT2D eigenvalue weighted by molar-refractivity contribution is -0.165.